The molecule has 3 rings (SSSR count). The molecule has 0 atom stereocenters. The fraction of sp³-hybridized carbons (Fsp3) is 0.500. The third-order valence-corrected chi connectivity index (χ3v) is 4.24. The predicted octanol–water partition coefficient (Wildman–Crippen LogP) is 3.27. The van der Waals surface area contributed by atoms with Crippen molar-refractivity contribution >= 4 is 16.7 Å². The SMILES string of the molecule is Cn1nc(CC(=O)C2CCCCC2)c2ccccc21. The summed E-state index contributed by atoms with van der Waals surface area (Å²) in [4.78, 5) is 12.4. The molecule has 1 aliphatic carbocycles. The number of aromatic nitrogens is 2. The molecule has 1 heterocycles. The summed E-state index contributed by atoms with van der Waals surface area (Å²) in [5.41, 5.74) is 2.04. The van der Waals surface area contributed by atoms with Crippen LogP contribution in [0.3, 0.4) is 0 Å². The molecule has 0 aliphatic heterocycles. The highest BCUT2D eigenvalue weighted by Crippen LogP contribution is 2.26. The van der Waals surface area contributed by atoms with E-state index in [-0.39, 0.29) is 5.92 Å². The van der Waals surface area contributed by atoms with Crippen LogP contribution >= 0.6 is 0 Å². The van der Waals surface area contributed by atoms with Crippen LogP contribution in [0.4, 0.5) is 0 Å². The minimum atomic E-state index is 0.273. The Labute approximate surface area is 113 Å². The summed E-state index contributed by atoms with van der Waals surface area (Å²) < 4.78 is 1.87. The standard InChI is InChI=1S/C16H20N2O/c1-18-15-10-6-5-9-13(15)14(17-18)11-16(19)12-7-3-2-4-8-12/h5-6,9-10,12H,2-4,7-8,11H2,1H3. The van der Waals surface area contributed by atoms with Crippen LogP contribution in [-0.4, -0.2) is 15.6 Å². The lowest BCUT2D eigenvalue weighted by Crippen LogP contribution is -2.19. The van der Waals surface area contributed by atoms with Crippen LogP contribution in [0.5, 0.6) is 0 Å². The first-order valence-corrected chi connectivity index (χ1v) is 7.19. The van der Waals surface area contributed by atoms with Gasteiger partial charge in [-0.3, -0.25) is 9.48 Å². The van der Waals surface area contributed by atoms with E-state index < -0.39 is 0 Å². The molecular weight excluding hydrogens is 236 g/mol. The highest BCUT2D eigenvalue weighted by atomic mass is 16.1. The number of nitrogens with zero attached hydrogens (tertiary/aromatic N) is 2. The van der Waals surface area contributed by atoms with Crippen LogP contribution in [0, 0.1) is 5.92 Å². The zero-order chi connectivity index (χ0) is 13.2. The van der Waals surface area contributed by atoms with Crippen molar-refractivity contribution in [2.45, 2.75) is 38.5 Å². The highest BCUT2D eigenvalue weighted by Gasteiger charge is 2.22. The predicted molar refractivity (Wildman–Crippen MR) is 76.0 cm³/mol. The molecule has 1 saturated carbocycles. The van der Waals surface area contributed by atoms with E-state index in [1.54, 1.807) is 0 Å². The van der Waals surface area contributed by atoms with Crippen LogP contribution < -0.4 is 0 Å². The molecule has 1 fully saturated rings. The van der Waals surface area contributed by atoms with E-state index in [4.69, 9.17) is 0 Å². The van der Waals surface area contributed by atoms with E-state index in [0.29, 0.717) is 12.2 Å². The van der Waals surface area contributed by atoms with Gasteiger partial charge in [0, 0.05) is 18.4 Å². The zero-order valence-corrected chi connectivity index (χ0v) is 11.4. The lowest BCUT2D eigenvalue weighted by Gasteiger charge is -2.19. The monoisotopic (exact) mass is 256 g/mol. The van der Waals surface area contributed by atoms with Gasteiger partial charge in [-0.05, 0) is 18.9 Å². The normalized spacial score (nSPS) is 16.9. The first kappa shape index (κ1) is 12.4. The minimum absolute atomic E-state index is 0.273. The molecule has 3 heteroatoms. The molecule has 1 aliphatic rings. The van der Waals surface area contributed by atoms with Gasteiger partial charge in [0.15, 0.2) is 0 Å². The van der Waals surface area contributed by atoms with E-state index in [2.05, 4.69) is 17.2 Å². The number of fused-ring (bicyclic) bond motifs is 1. The average molecular weight is 256 g/mol. The number of ketones is 1. The van der Waals surface area contributed by atoms with Crippen molar-refractivity contribution < 1.29 is 4.79 Å². The Bertz CT molecular complexity index is 594. The minimum Gasteiger partial charge on any atom is -0.299 e. The molecular formula is C16H20N2O. The van der Waals surface area contributed by atoms with E-state index in [0.717, 1.165) is 29.4 Å². The van der Waals surface area contributed by atoms with Gasteiger partial charge in [-0.2, -0.15) is 5.10 Å². The van der Waals surface area contributed by atoms with Crippen molar-refractivity contribution in [3.63, 3.8) is 0 Å². The number of para-hydroxylation sites is 1. The lowest BCUT2D eigenvalue weighted by molar-refractivity contribution is -0.123. The van der Waals surface area contributed by atoms with Crippen molar-refractivity contribution in [1.82, 2.24) is 9.78 Å². The number of rotatable bonds is 3. The summed E-state index contributed by atoms with van der Waals surface area (Å²) in [6, 6.07) is 8.14. The van der Waals surface area contributed by atoms with Gasteiger partial charge < -0.3 is 0 Å². The molecule has 0 saturated heterocycles. The van der Waals surface area contributed by atoms with Crippen LogP contribution in [0.2, 0.25) is 0 Å². The summed E-state index contributed by atoms with van der Waals surface area (Å²) in [7, 11) is 1.94. The fourth-order valence-corrected chi connectivity index (χ4v) is 3.15. The largest absolute Gasteiger partial charge is 0.299 e. The van der Waals surface area contributed by atoms with Crippen molar-refractivity contribution in [3.8, 4) is 0 Å². The van der Waals surface area contributed by atoms with Crippen LogP contribution in [0.1, 0.15) is 37.8 Å². The molecule has 0 amide bonds. The molecule has 0 bridgehead atoms. The quantitative estimate of drug-likeness (QED) is 0.844. The smallest absolute Gasteiger partial charge is 0.142 e. The van der Waals surface area contributed by atoms with Gasteiger partial charge in [-0.15, -0.1) is 0 Å². The lowest BCUT2D eigenvalue weighted by atomic mass is 9.84. The summed E-state index contributed by atoms with van der Waals surface area (Å²) in [6.07, 6.45) is 6.34. The van der Waals surface area contributed by atoms with Gasteiger partial charge in [0.05, 0.1) is 17.6 Å². The van der Waals surface area contributed by atoms with Gasteiger partial charge in [0.25, 0.3) is 0 Å². The summed E-state index contributed by atoms with van der Waals surface area (Å²) in [5.74, 6) is 0.651. The Kier molecular flexibility index (Phi) is 3.36. The zero-order valence-electron chi connectivity index (χ0n) is 11.4. The Morgan fingerprint density at radius 1 is 1.26 bits per heavy atom. The van der Waals surface area contributed by atoms with Gasteiger partial charge >= 0.3 is 0 Å². The third kappa shape index (κ3) is 2.42. The number of aryl methyl sites for hydroxylation is 1. The maximum Gasteiger partial charge on any atom is 0.142 e. The Balaban J connectivity index is 1.83. The summed E-state index contributed by atoms with van der Waals surface area (Å²) in [6.45, 7) is 0. The van der Waals surface area contributed by atoms with Crippen molar-refractivity contribution in [2.75, 3.05) is 0 Å². The average Bonchev–Trinajstić information content (AvgIpc) is 2.77. The number of Topliss-reactive ketones (excluding diaryl/α,β-unsaturated/α-hetero) is 1. The molecule has 100 valence electrons. The molecule has 0 unspecified atom stereocenters. The molecule has 1 aromatic heterocycles. The Hall–Kier alpha value is -1.64. The van der Waals surface area contributed by atoms with Gasteiger partial charge in [-0.25, -0.2) is 0 Å². The van der Waals surface area contributed by atoms with Crippen LogP contribution in [0.25, 0.3) is 10.9 Å². The maximum absolute atomic E-state index is 12.4. The molecule has 2 aromatic rings. The number of hydrogen-bond donors (Lipinski definition) is 0. The number of carbonyl (C=O) groups is 1. The molecule has 1 aromatic carbocycles. The molecule has 0 N–H and O–H groups in total. The van der Waals surface area contributed by atoms with Gasteiger partial charge in [0.1, 0.15) is 5.78 Å². The second-order valence-corrected chi connectivity index (χ2v) is 5.57. The second kappa shape index (κ2) is 5.16. The van der Waals surface area contributed by atoms with Crippen molar-refractivity contribution in [1.29, 1.82) is 0 Å². The molecule has 0 spiro atoms. The Morgan fingerprint density at radius 3 is 2.79 bits per heavy atom. The van der Waals surface area contributed by atoms with E-state index in [1.807, 2.05) is 23.9 Å². The molecule has 19 heavy (non-hydrogen) atoms. The highest BCUT2D eigenvalue weighted by molar-refractivity contribution is 5.89. The molecule has 0 radical (unpaired) electrons. The van der Waals surface area contributed by atoms with Crippen molar-refractivity contribution in [2.24, 2.45) is 13.0 Å². The van der Waals surface area contributed by atoms with Crippen molar-refractivity contribution in [3.05, 3.63) is 30.0 Å². The topological polar surface area (TPSA) is 34.9 Å². The number of benzene rings is 1. The first-order chi connectivity index (χ1) is 9.25. The summed E-state index contributed by atoms with van der Waals surface area (Å²) in [5, 5.41) is 5.64. The van der Waals surface area contributed by atoms with Crippen LogP contribution in [0.15, 0.2) is 24.3 Å². The second-order valence-electron chi connectivity index (χ2n) is 5.57. The Morgan fingerprint density at radius 2 is 2.00 bits per heavy atom. The maximum atomic E-state index is 12.4. The van der Waals surface area contributed by atoms with Gasteiger partial charge in [0.2, 0.25) is 0 Å². The van der Waals surface area contributed by atoms with E-state index in [1.165, 1.54) is 19.3 Å². The fourth-order valence-electron chi connectivity index (χ4n) is 3.15. The van der Waals surface area contributed by atoms with E-state index in [9.17, 15) is 4.79 Å². The summed E-state index contributed by atoms with van der Waals surface area (Å²) >= 11 is 0. The number of hydrogen-bond acceptors (Lipinski definition) is 2. The van der Waals surface area contributed by atoms with Crippen LogP contribution in [-0.2, 0) is 18.3 Å². The molecule has 3 nitrogen and oxygen atoms in total. The first-order valence-electron chi connectivity index (χ1n) is 7.19. The third-order valence-electron chi connectivity index (χ3n) is 4.24. The number of carbonyl (C=O) groups excluding carboxylic acids is 1. The van der Waals surface area contributed by atoms with Gasteiger partial charge in [-0.1, -0.05) is 37.5 Å². The van der Waals surface area contributed by atoms with E-state index >= 15 is 0 Å².